The van der Waals surface area contributed by atoms with Gasteiger partial charge in [0.1, 0.15) is 0 Å². The van der Waals surface area contributed by atoms with Gasteiger partial charge in [0.05, 0.1) is 0 Å². The molecule has 0 aliphatic heterocycles. The van der Waals surface area contributed by atoms with Crippen molar-refractivity contribution in [2.75, 3.05) is 13.1 Å². The van der Waals surface area contributed by atoms with Crippen LogP contribution in [0.3, 0.4) is 0 Å². The first-order chi connectivity index (χ1) is 7.84. The van der Waals surface area contributed by atoms with E-state index in [-0.39, 0.29) is 0 Å². The second kappa shape index (κ2) is 8.35. The van der Waals surface area contributed by atoms with E-state index in [9.17, 15) is 0 Å². The van der Waals surface area contributed by atoms with Crippen LogP contribution in [0.4, 0.5) is 0 Å². The Morgan fingerprint density at radius 3 is 2.44 bits per heavy atom. The maximum Gasteiger partial charge on any atom is -0.00487 e. The van der Waals surface area contributed by atoms with Crippen LogP contribution in [0.25, 0.3) is 0 Å². The number of nitrogens with one attached hydrogen (secondary N) is 1. The van der Waals surface area contributed by atoms with Crippen LogP contribution >= 0.6 is 0 Å². The highest BCUT2D eigenvalue weighted by atomic mass is 14.8. The maximum atomic E-state index is 3.49. The Morgan fingerprint density at radius 2 is 1.75 bits per heavy atom. The molecular formula is C15H25N. The van der Waals surface area contributed by atoms with Gasteiger partial charge >= 0.3 is 0 Å². The molecule has 0 aliphatic carbocycles. The van der Waals surface area contributed by atoms with E-state index < -0.39 is 0 Å². The molecule has 0 aromatic heterocycles. The largest absolute Gasteiger partial charge is 0.317 e. The molecule has 1 aromatic carbocycles. The Labute approximate surface area is 100 Å². The number of rotatable bonds is 8. The maximum absolute atomic E-state index is 3.49. The third kappa shape index (κ3) is 5.32. The highest BCUT2D eigenvalue weighted by Crippen LogP contribution is 2.19. The van der Waals surface area contributed by atoms with Crippen molar-refractivity contribution >= 4 is 0 Å². The van der Waals surface area contributed by atoms with Crippen molar-refractivity contribution in [3.8, 4) is 0 Å². The fraction of sp³-hybridized carbons (Fsp3) is 0.600. The van der Waals surface area contributed by atoms with E-state index in [0.29, 0.717) is 5.92 Å². The Kier molecular flexibility index (Phi) is 6.91. The molecule has 0 aliphatic rings. The zero-order valence-corrected chi connectivity index (χ0v) is 10.7. The molecule has 16 heavy (non-hydrogen) atoms. The third-order valence-corrected chi connectivity index (χ3v) is 3.07. The van der Waals surface area contributed by atoms with Crippen molar-refractivity contribution in [2.24, 2.45) is 0 Å². The van der Waals surface area contributed by atoms with Crippen LogP contribution in [0.2, 0.25) is 0 Å². The molecule has 0 radical (unpaired) electrons. The van der Waals surface area contributed by atoms with Crippen molar-refractivity contribution in [3.05, 3.63) is 35.9 Å². The smallest absolute Gasteiger partial charge is 0.00487 e. The SMILES string of the molecule is CCCCNCCCC(C)c1ccccc1. The standard InChI is InChI=1S/C15H25N/c1-3-4-12-16-13-8-9-14(2)15-10-6-5-7-11-15/h5-7,10-11,14,16H,3-4,8-9,12-13H2,1-2H3. The lowest BCUT2D eigenvalue weighted by atomic mass is 9.96. The summed E-state index contributed by atoms with van der Waals surface area (Å²) in [6, 6.07) is 10.8. The second-order valence-electron chi connectivity index (χ2n) is 4.56. The van der Waals surface area contributed by atoms with Gasteiger partial charge in [-0.05, 0) is 43.8 Å². The molecule has 0 fully saturated rings. The van der Waals surface area contributed by atoms with Crippen LogP contribution in [0.5, 0.6) is 0 Å². The van der Waals surface area contributed by atoms with E-state index in [2.05, 4.69) is 49.5 Å². The van der Waals surface area contributed by atoms with Crippen molar-refractivity contribution in [1.29, 1.82) is 0 Å². The summed E-state index contributed by atoms with van der Waals surface area (Å²) in [6.45, 7) is 6.90. The van der Waals surface area contributed by atoms with E-state index in [0.717, 1.165) is 6.54 Å². The Morgan fingerprint density at radius 1 is 1.06 bits per heavy atom. The van der Waals surface area contributed by atoms with Gasteiger partial charge in [0.2, 0.25) is 0 Å². The average Bonchev–Trinajstić information content (AvgIpc) is 2.34. The van der Waals surface area contributed by atoms with Crippen LogP contribution in [-0.4, -0.2) is 13.1 Å². The molecule has 0 bridgehead atoms. The third-order valence-electron chi connectivity index (χ3n) is 3.07. The van der Waals surface area contributed by atoms with Gasteiger partial charge in [-0.25, -0.2) is 0 Å². The lowest BCUT2D eigenvalue weighted by molar-refractivity contribution is 0.567. The Bertz CT molecular complexity index is 255. The van der Waals surface area contributed by atoms with E-state index in [1.807, 2.05) is 0 Å². The molecule has 90 valence electrons. The van der Waals surface area contributed by atoms with Gasteiger partial charge in [-0.2, -0.15) is 0 Å². The minimum Gasteiger partial charge on any atom is -0.317 e. The molecule has 0 saturated heterocycles. The molecule has 0 amide bonds. The summed E-state index contributed by atoms with van der Waals surface area (Å²) >= 11 is 0. The van der Waals surface area contributed by atoms with Crippen molar-refractivity contribution in [3.63, 3.8) is 0 Å². The molecule has 0 saturated carbocycles. The van der Waals surface area contributed by atoms with Crippen molar-refractivity contribution < 1.29 is 0 Å². The highest BCUT2D eigenvalue weighted by molar-refractivity contribution is 5.18. The first kappa shape index (κ1) is 13.2. The van der Waals surface area contributed by atoms with Crippen LogP contribution in [0.15, 0.2) is 30.3 Å². The highest BCUT2D eigenvalue weighted by Gasteiger charge is 2.03. The monoisotopic (exact) mass is 219 g/mol. The molecule has 1 rings (SSSR count). The van der Waals surface area contributed by atoms with Crippen LogP contribution in [-0.2, 0) is 0 Å². The van der Waals surface area contributed by atoms with E-state index >= 15 is 0 Å². The quantitative estimate of drug-likeness (QED) is 0.653. The van der Waals surface area contributed by atoms with Crippen LogP contribution in [0, 0.1) is 0 Å². The summed E-state index contributed by atoms with van der Waals surface area (Å²) in [5.74, 6) is 0.689. The van der Waals surface area contributed by atoms with Crippen molar-refractivity contribution in [1.82, 2.24) is 5.32 Å². The second-order valence-corrected chi connectivity index (χ2v) is 4.56. The molecular weight excluding hydrogens is 194 g/mol. The van der Waals surface area contributed by atoms with Gasteiger partial charge in [0.25, 0.3) is 0 Å². The fourth-order valence-electron chi connectivity index (χ4n) is 1.91. The normalized spacial score (nSPS) is 12.6. The van der Waals surface area contributed by atoms with Gasteiger partial charge in [0.15, 0.2) is 0 Å². The first-order valence-electron chi connectivity index (χ1n) is 6.60. The molecule has 1 atom stereocenters. The zero-order valence-electron chi connectivity index (χ0n) is 10.7. The predicted molar refractivity (Wildman–Crippen MR) is 71.9 cm³/mol. The van der Waals surface area contributed by atoms with Gasteiger partial charge in [-0.15, -0.1) is 0 Å². The summed E-state index contributed by atoms with van der Waals surface area (Å²) in [5.41, 5.74) is 1.47. The minimum atomic E-state index is 0.689. The van der Waals surface area contributed by atoms with E-state index in [4.69, 9.17) is 0 Å². The lowest BCUT2D eigenvalue weighted by Gasteiger charge is -2.11. The van der Waals surface area contributed by atoms with Crippen molar-refractivity contribution in [2.45, 2.75) is 45.4 Å². The average molecular weight is 219 g/mol. The zero-order chi connectivity index (χ0) is 11.6. The fourth-order valence-corrected chi connectivity index (χ4v) is 1.91. The van der Waals surface area contributed by atoms with Crippen LogP contribution in [0.1, 0.15) is 51.0 Å². The van der Waals surface area contributed by atoms with Gasteiger partial charge in [-0.3, -0.25) is 0 Å². The van der Waals surface area contributed by atoms with Gasteiger partial charge < -0.3 is 5.32 Å². The molecule has 1 N–H and O–H groups in total. The van der Waals surface area contributed by atoms with Gasteiger partial charge in [0, 0.05) is 0 Å². The Hall–Kier alpha value is -0.820. The topological polar surface area (TPSA) is 12.0 Å². The van der Waals surface area contributed by atoms with Gasteiger partial charge in [-0.1, -0.05) is 50.6 Å². The summed E-state index contributed by atoms with van der Waals surface area (Å²) < 4.78 is 0. The molecule has 0 heterocycles. The van der Waals surface area contributed by atoms with E-state index in [1.165, 1.54) is 37.8 Å². The molecule has 1 heteroatoms. The summed E-state index contributed by atoms with van der Waals surface area (Å²) in [5, 5.41) is 3.49. The summed E-state index contributed by atoms with van der Waals surface area (Å²) in [6.07, 6.45) is 5.14. The number of benzene rings is 1. The summed E-state index contributed by atoms with van der Waals surface area (Å²) in [4.78, 5) is 0. The minimum absolute atomic E-state index is 0.689. The molecule has 1 unspecified atom stereocenters. The first-order valence-corrected chi connectivity index (χ1v) is 6.60. The molecule has 1 nitrogen and oxygen atoms in total. The summed E-state index contributed by atoms with van der Waals surface area (Å²) in [7, 11) is 0. The Balaban J connectivity index is 2.09. The number of unbranched alkanes of at least 4 members (excludes halogenated alkanes) is 1. The number of hydrogen-bond acceptors (Lipinski definition) is 1. The predicted octanol–water partition coefficient (Wildman–Crippen LogP) is 3.96. The molecule has 1 aromatic rings. The molecule has 0 spiro atoms. The van der Waals surface area contributed by atoms with E-state index in [1.54, 1.807) is 0 Å². The van der Waals surface area contributed by atoms with Crippen LogP contribution < -0.4 is 5.32 Å². The number of hydrogen-bond donors (Lipinski definition) is 1. The lowest BCUT2D eigenvalue weighted by Crippen LogP contribution is -2.16.